The molecule has 2 aromatic heterocycles. The van der Waals surface area contributed by atoms with Gasteiger partial charge in [-0.2, -0.15) is 0 Å². The minimum atomic E-state index is -0.575. The SMILES string of the molecule is O=C(NCc1nc2ccccc2[nH]1)C1=CC(c2coc3ccccc23)CC(OCCCCO)O1. The lowest BCUT2D eigenvalue weighted by molar-refractivity contribution is -0.146. The van der Waals surface area contributed by atoms with E-state index < -0.39 is 6.29 Å². The van der Waals surface area contributed by atoms with E-state index in [4.69, 9.17) is 19.0 Å². The average Bonchev–Trinajstić information content (AvgIpc) is 3.49. The van der Waals surface area contributed by atoms with E-state index in [1.807, 2.05) is 54.6 Å². The molecule has 0 radical (unpaired) electrons. The Morgan fingerprint density at radius 3 is 2.91 bits per heavy atom. The molecule has 2 unspecified atom stereocenters. The van der Waals surface area contributed by atoms with E-state index in [0.29, 0.717) is 31.7 Å². The summed E-state index contributed by atoms with van der Waals surface area (Å²) in [4.78, 5) is 20.7. The number of imidazole rings is 1. The molecule has 34 heavy (non-hydrogen) atoms. The third-order valence-corrected chi connectivity index (χ3v) is 5.90. The summed E-state index contributed by atoms with van der Waals surface area (Å²) < 4.78 is 17.6. The third kappa shape index (κ3) is 4.83. The van der Waals surface area contributed by atoms with Crippen molar-refractivity contribution >= 4 is 27.9 Å². The number of ether oxygens (including phenoxy) is 2. The Balaban J connectivity index is 1.33. The summed E-state index contributed by atoms with van der Waals surface area (Å²) in [7, 11) is 0. The Labute approximate surface area is 196 Å². The summed E-state index contributed by atoms with van der Waals surface area (Å²) >= 11 is 0. The fraction of sp³-hybridized carbons (Fsp3) is 0.308. The van der Waals surface area contributed by atoms with Crippen molar-refractivity contribution in [2.75, 3.05) is 13.2 Å². The van der Waals surface area contributed by atoms with Crippen molar-refractivity contribution in [2.45, 2.75) is 38.0 Å². The summed E-state index contributed by atoms with van der Waals surface area (Å²) in [6.45, 7) is 0.807. The molecule has 0 saturated heterocycles. The maximum absolute atomic E-state index is 13.0. The molecule has 2 aromatic carbocycles. The van der Waals surface area contributed by atoms with Crippen LogP contribution in [-0.2, 0) is 20.8 Å². The number of hydrogen-bond acceptors (Lipinski definition) is 6. The van der Waals surface area contributed by atoms with Crippen LogP contribution >= 0.6 is 0 Å². The number of allylic oxidation sites excluding steroid dienone is 1. The average molecular weight is 462 g/mol. The first-order valence-electron chi connectivity index (χ1n) is 11.5. The van der Waals surface area contributed by atoms with Gasteiger partial charge in [0, 0.05) is 29.9 Å². The molecule has 1 amide bonds. The number of benzene rings is 2. The monoisotopic (exact) mass is 461 g/mol. The predicted molar refractivity (Wildman–Crippen MR) is 127 cm³/mol. The van der Waals surface area contributed by atoms with Crippen LogP contribution in [0.4, 0.5) is 0 Å². The Hall–Kier alpha value is -3.62. The Kier molecular flexibility index (Phi) is 6.60. The van der Waals surface area contributed by atoms with Crippen LogP contribution in [0.15, 0.2) is 71.0 Å². The second-order valence-corrected chi connectivity index (χ2v) is 8.29. The van der Waals surface area contributed by atoms with Gasteiger partial charge in [0.1, 0.15) is 11.4 Å². The number of aliphatic hydroxyl groups excluding tert-OH is 1. The molecule has 1 aliphatic rings. The van der Waals surface area contributed by atoms with Crippen molar-refractivity contribution in [3.63, 3.8) is 0 Å². The van der Waals surface area contributed by atoms with Crippen LogP contribution in [-0.4, -0.2) is 40.5 Å². The van der Waals surface area contributed by atoms with Gasteiger partial charge in [-0.25, -0.2) is 4.98 Å². The zero-order valence-corrected chi connectivity index (χ0v) is 18.7. The topological polar surface area (TPSA) is 110 Å². The molecule has 3 heterocycles. The molecule has 0 bridgehead atoms. The summed E-state index contributed by atoms with van der Waals surface area (Å²) in [5.41, 5.74) is 3.56. The number of furan rings is 1. The van der Waals surface area contributed by atoms with Gasteiger partial charge in [0.05, 0.1) is 30.4 Å². The highest BCUT2D eigenvalue weighted by molar-refractivity contribution is 5.92. The van der Waals surface area contributed by atoms with Gasteiger partial charge >= 0.3 is 0 Å². The fourth-order valence-corrected chi connectivity index (χ4v) is 4.19. The number of aromatic nitrogens is 2. The highest BCUT2D eigenvalue weighted by Crippen LogP contribution is 2.36. The number of aliphatic hydroxyl groups is 1. The molecule has 2 atom stereocenters. The number of nitrogens with one attached hydrogen (secondary N) is 2. The van der Waals surface area contributed by atoms with Crippen molar-refractivity contribution in [3.8, 4) is 0 Å². The lowest BCUT2D eigenvalue weighted by Crippen LogP contribution is -2.33. The van der Waals surface area contributed by atoms with Gasteiger partial charge in [-0.15, -0.1) is 0 Å². The Morgan fingerprint density at radius 1 is 1.18 bits per heavy atom. The van der Waals surface area contributed by atoms with Gasteiger partial charge in [0.15, 0.2) is 5.76 Å². The number of aromatic amines is 1. The van der Waals surface area contributed by atoms with Gasteiger partial charge in [-0.05, 0) is 37.1 Å². The highest BCUT2D eigenvalue weighted by Gasteiger charge is 2.30. The largest absolute Gasteiger partial charge is 0.464 e. The van der Waals surface area contributed by atoms with Gasteiger partial charge in [-0.3, -0.25) is 4.79 Å². The van der Waals surface area contributed by atoms with E-state index in [0.717, 1.165) is 27.6 Å². The van der Waals surface area contributed by atoms with Crippen LogP contribution in [0.2, 0.25) is 0 Å². The predicted octanol–water partition coefficient (Wildman–Crippen LogP) is 4.13. The number of amides is 1. The molecular formula is C26H27N3O5. The number of carbonyl (C=O) groups is 1. The highest BCUT2D eigenvalue weighted by atomic mass is 16.7. The lowest BCUT2D eigenvalue weighted by atomic mass is 9.92. The van der Waals surface area contributed by atoms with Crippen LogP contribution in [0.3, 0.4) is 0 Å². The second kappa shape index (κ2) is 10.1. The summed E-state index contributed by atoms with van der Waals surface area (Å²) in [5, 5.41) is 12.9. The zero-order valence-electron chi connectivity index (χ0n) is 18.7. The molecule has 8 heteroatoms. The molecule has 5 rings (SSSR count). The maximum Gasteiger partial charge on any atom is 0.286 e. The molecular weight excluding hydrogens is 434 g/mol. The molecule has 0 aliphatic carbocycles. The Morgan fingerprint density at radius 2 is 2.03 bits per heavy atom. The molecule has 0 fully saturated rings. The summed E-state index contributed by atoms with van der Waals surface area (Å²) in [6.07, 6.45) is 4.93. The number of para-hydroxylation sites is 3. The zero-order chi connectivity index (χ0) is 23.3. The fourth-order valence-electron chi connectivity index (χ4n) is 4.19. The van der Waals surface area contributed by atoms with Crippen molar-refractivity contribution in [1.29, 1.82) is 0 Å². The molecule has 1 aliphatic heterocycles. The van der Waals surface area contributed by atoms with Crippen molar-refractivity contribution in [2.24, 2.45) is 0 Å². The van der Waals surface area contributed by atoms with E-state index in [2.05, 4.69) is 15.3 Å². The van der Waals surface area contributed by atoms with Crippen molar-refractivity contribution < 1.29 is 23.8 Å². The maximum atomic E-state index is 13.0. The number of rotatable bonds is 9. The van der Waals surface area contributed by atoms with Crippen molar-refractivity contribution in [3.05, 3.63) is 78.0 Å². The first-order valence-corrected chi connectivity index (χ1v) is 11.5. The van der Waals surface area contributed by atoms with Gasteiger partial charge in [0.25, 0.3) is 5.91 Å². The smallest absolute Gasteiger partial charge is 0.286 e. The number of carbonyl (C=O) groups excluding carboxylic acids is 1. The number of H-pyrrole nitrogens is 1. The molecule has 3 N–H and O–H groups in total. The quantitative estimate of drug-likeness (QED) is 0.323. The lowest BCUT2D eigenvalue weighted by Gasteiger charge is -2.29. The molecule has 0 saturated carbocycles. The van der Waals surface area contributed by atoms with E-state index in [9.17, 15) is 4.79 Å². The van der Waals surface area contributed by atoms with Gasteiger partial charge in [0.2, 0.25) is 6.29 Å². The van der Waals surface area contributed by atoms with Gasteiger partial charge in [-0.1, -0.05) is 30.3 Å². The van der Waals surface area contributed by atoms with E-state index >= 15 is 0 Å². The van der Waals surface area contributed by atoms with Crippen molar-refractivity contribution in [1.82, 2.24) is 15.3 Å². The van der Waals surface area contributed by atoms with Gasteiger partial charge < -0.3 is 29.3 Å². The van der Waals surface area contributed by atoms with Crippen LogP contribution in [0, 0.1) is 0 Å². The van der Waals surface area contributed by atoms with Crippen LogP contribution < -0.4 is 5.32 Å². The summed E-state index contributed by atoms with van der Waals surface area (Å²) in [5.74, 6) is 0.444. The minimum Gasteiger partial charge on any atom is -0.464 e. The van der Waals surface area contributed by atoms with Crippen LogP contribution in [0.25, 0.3) is 22.0 Å². The Bertz CT molecular complexity index is 1280. The number of hydrogen-bond donors (Lipinski definition) is 3. The number of fused-ring (bicyclic) bond motifs is 2. The molecule has 0 spiro atoms. The number of unbranched alkanes of at least 4 members (excludes halogenated alkanes) is 1. The first-order chi connectivity index (χ1) is 16.7. The van der Waals surface area contributed by atoms with Crippen LogP contribution in [0.1, 0.15) is 36.6 Å². The molecule has 8 nitrogen and oxygen atoms in total. The van der Waals surface area contributed by atoms with E-state index in [1.54, 1.807) is 6.26 Å². The first kappa shape index (κ1) is 22.2. The normalized spacial score (nSPS) is 18.1. The minimum absolute atomic E-state index is 0.104. The standard InChI is InChI=1S/C26H27N3O5/c30-11-5-6-12-32-25-14-17(19-16-33-22-10-4-1-7-18(19)22)13-23(34-25)26(31)27-15-24-28-20-8-2-3-9-21(20)29-24/h1-4,7-10,13,16-17,25,30H,5-6,11-12,14-15H2,(H,27,31)(H,28,29). The molecule has 4 aromatic rings. The van der Waals surface area contributed by atoms with E-state index in [-0.39, 0.29) is 30.7 Å². The summed E-state index contributed by atoms with van der Waals surface area (Å²) in [6, 6.07) is 15.5. The van der Waals surface area contributed by atoms with E-state index in [1.165, 1.54) is 0 Å². The number of nitrogens with zero attached hydrogens (tertiary/aromatic N) is 1. The van der Waals surface area contributed by atoms with Crippen LogP contribution in [0.5, 0.6) is 0 Å². The second-order valence-electron chi connectivity index (χ2n) is 8.29. The molecule has 176 valence electrons. The third-order valence-electron chi connectivity index (χ3n) is 5.90.